The van der Waals surface area contributed by atoms with Crippen molar-refractivity contribution < 1.29 is 9.84 Å². The van der Waals surface area contributed by atoms with Gasteiger partial charge in [0.2, 0.25) is 0 Å². The third-order valence-electron chi connectivity index (χ3n) is 3.83. The van der Waals surface area contributed by atoms with Crippen LogP contribution in [0.3, 0.4) is 0 Å². The third kappa shape index (κ3) is 3.91. The van der Waals surface area contributed by atoms with Gasteiger partial charge in [0, 0.05) is 12.2 Å². The fourth-order valence-corrected chi connectivity index (χ4v) is 2.20. The van der Waals surface area contributed by atoms with Gasteiger partial charge in [0.15, 0.2) is 11.5 Å². The molecule has 0 amide bonds. The molecular formula is C18H23NO2. The van der Waals surface area contributed by atoms with Crippen LogP contribution in [0.1, 0.15) is 37.3 Å². The number of nitrogens with one attached hydrogen (secondary N) is 1. The maximum Gasteiger partial charge on any atom is 0.160 e. The van der Waals surface area contributed by atoms with Gasteiger partial charge in [-0.1, -0.05) is 32.0 Å². The fourth-order valence-electron chi connectivity index (χ4n) is 2.20. The average Bonchev–Trinajstić information content (AvgIpc) is 2.53. The molecule has 3 nitrogen and oxygen atoms in total. The lowest BCUT2D eigenvalue weighted by atomic mass is 9.99. The first-order valence-corrected chi connectivity index (χ1v) is 7.33. The normalized spacial score (nSPS) is 12.0. The number of hydrogen-bond acceptors (Lipinski definition) is 3. The molecule has 2 aromatic carbocycles. The van der Waals surface area contributed by atoms with Crippen molar-refractivity contribution in [3.8, 4) is 11.5 Å². The summed E-state index contributed by atoms with van der Waals surface area (Å²) in [6.07, 6.45) is 1.15. The number of methoxy groups -OCH3 is 1. The Balaban J connectivity index is 1.99. The zero-order chi connectivity index (χ0) is 15.2. The Kier molecular flexibility index (Phi) is 5.09. The molecule has 0 spiro atoms. The maximum atomic E-state index is 9.58. The quantitative estimate of drug-likeness (QED) is 0.819. The summed E-state index contributed by atoms with van der Waals surface area (Å²) in [4.78, 5) is 0. The van der Waals surface area contributed by atoms with E-state index in [1.807, 2.05) is 12.1 Å². The first-order valence-electron chi connectivity index (χ1n) is 7.33. The number of ether oxygens (including phenoxy) is 1. The van der Waals surface area contributed by atoms with Crippen LogP contribution in [-0.2, 0) is 6.54 Å². The van der Waals surface area contributed by atoms with Crippen molar-refractivity contribution in [1.29, 1.82) is 0 Å². The van der Waals surface area contributed by atoms with Gasteiger partial charge in [-0.25, -0.2) is 0 Å². The largest absolute Gasteiger partial charge is 0.504 e. The molecule has 0 heterocycles. The topological polar surface area (TPSA) is 41.5 Å². The Labute approximate surface area is 126 Å². The molecule has 0 fully saturated rings. The molecule has 0 bridgehead atoms. The second-order valence-electron chi connectivity index (χ2n) is 5.29. The summed E-state index contributed by atoms with van der Waals surface area (Å²) in [7, 11) is 1.56. The molecular weight excluding hydrogens is 262 g/mol. The number of phenolic OH excluding ortho intramolecular Hbond substituents is 1. The number of phenols is 1. The molecule has 112 valence electrons. The Hall–Kier alpha value is -2.16. The molecule has 0 aliphatic carbocycles. The lowest BCUT2D eigenvalue weighted by Gasteiger charge is -2.12. The van der Waals surface area contributed by atoms with Crippen molar-refractivity contribution >= 4 is 5.69 Å². The van der Waals surface area contributed by atoms with E-state index in [2.05, 4.69) is 43.4 Å². The van der Waals surface area contributed by atoms with Gasteiger partial charge >= 0.3 is 0 Å². The fraction of sp³-hybridized carbons (Fsp3) is 0.333. The minimum atomic E-state index is 0.166. The van der Waals surface area contributed by atoms with E-state index in [-0.39, 0.29) is 5.75 Å². The zero-order valence-corrected chi connectivity index (χ0v) is 12.9. The Morgan fingerprint density at radius 1 is 1.14 bits per heavy atom. The van der Waals surface area contributed by atoms with Crippen LogP contribution in [0.4, 0.5) is 5.69 Å². The SMILES string of the molecule is CCC(C)c1ccc(NCc2ccc(O)c(OC)c2)cc1. The monoisotopic (exact) mass is 285 g/mol. The maximum absolute atomic E-state index is 9.58. The highest BCUT2D eigenvalue weighted by Crippen LogP contribution is 2.27. The van der Waals surface area contributed by atoms with Gasteiger partial charge in [0.1, 0.15) is 0 Å². The second-order valence-corrected chi connectivity index (χ2v) is 5.29. The van der Waals surface area contributed by atoms with E-state index < -0.39 is 0 Å². The molecule has 0 aliphatic rings. The van der Waals surface area contributed by atoms with E-state index in [4.69, 9.17) is 4.74 Å². The molecule has 1 atom stereocenters. The number of anilines is 1. The van der Waals surface area contributed by atoms with Crippen molar-refractivity contribution in [2.24, 2.45) is 0 Å². The highest BCUT2D eigenvalue weighted by molar-refractivity contribution is 5.47. The standard InChI is InChI=1S/C18H23NO2/c1-4-13(2)15-6-8-16(9-7-15)19-12-14-5-10-17(20)18(11-14)21-3/h5-11,13,19-20H,4,12H2,1-3H3. The van der Waals surface area contributed by atoms with Crippen LogP contribution in [-0.4, -0.2) is 12.2 Å². The molecule has 0 aromatic heterocycles. The number of hydrogen-bond donors (Lipinski definition) is 2. The number of benzene rings is 2. The average molecular weight is 285 g/mol. The molecule has 3 heteroatoms. The first kappa shape index (κ1) is 15.2. The van der Waals surface area contributed by atoms with Crippen LogP contribution in [0.15, 0.2) is 42.5 Å². The lowest BCUT2D eigenvalue weighted by Crippen LogP contribution is -2.00. The van der Waals surface area contributed by atoms with E-state index in [0.29, 0.717) is 18.2 Å². The minimum absolute atomic E-state index is 0.166. The Morgan fingerprint density at radius 3 is 2.48 bits per heavy atom. The van der Waals surface area contributed by atoms with Crippen LogP contribution >= 0.6 is 0 Å². The highest BCUT2D eigenvalue weighted by atomic mass is 16.5. The van der Waals surface area contributed by atoms with Crippen LogP contribution in [0, 0.1) is 0 Å². The highest BCUT2D eigenvalue weighted by Gasteiger charge is 2.04. The Bertz CT molecular complexity index is 578. The molecule has 0 saturated heterocycles. The van der Waals surface area contributed by atoms with Gasteiger partial charge in [-0.15, -0.1) is 0 Å². The van der Waals surface area contributed by atoms with Crippen molar-refractivity contribution in [2.45, 2.75) is 32.7 Å². The summed E-state index contributed by atoms with van der Waals surface area (Å²) in [6.45, 7) is 5.14. The van der Waals surface area contributed by atoms with Crippen LogP contribution in [0.25, 0.3) is 0 Å². The number of rotatable bonds is 6. The third-order valence-corrected chi connectivity index (χ3v) is 3.83. The molecule has 0 aliphatic heterocycles. The van der Waals surface area contributed by atoms with Crippen LogP contribution in [0.5, 0.6) is 11.5 Å². The summed E-state index contributed by atoms with van der Waals surface area (Å²) in [5.41, 5.74) is 3.53. The number of aromatic hydroxyl groups is 1. The smallest absolute Gasteiger partial charge is 0.160 e. The predicted octanol–water partition coefficient (Wildman–Crippen LogP) is 4.53. The molecule has 2 N–H and O–H groups in total. The van der Waals surface area contributed by atoms with E-state index in [0.717, 1.165) is 17.7 Å². The summed E-state index contributed by atoms with van der Waals surface area (Å²) in [6, 6.07) is 14.0. The molecule has 2 rings (SSSR count). The zero-order valence-electron chi connectivity index (χ0n) is 12.9. The minimum Gasteiger partial charge on any atom is -0.504 e. The van der Waals surface area contributed by atoms with Crippen LogP contribution in [0.2, 0.25) is 0 Å². The summed E-state index contributed by atoms with van der Waals surface area (Å²) < 4.78 is 5.11. The summed E-state index contributed by atoms with van der Waals surface area (Å²) in [5, 5.41) is 13.0. The molecule has 0 saturated carbocycles. The van der Waals surface area contributed by atoms with Gasteiger partial charge in [0.05, 0.1) is 7.11 Å². The summed E-state index contributed by atoms with van der Waals surface area (Å²) >= 11 is 0. The molecule has 2 aromatic rings. The van der Waals surface area contributed by atoms with Crippen LogP contribution < -0.4 is 10.1 Å². The van der Waals surface area contributed by atoms with E-state index >= 15 is 0 Å². The Morgan fingerprint density at radius 2 is 1.86 bits per heavy atom. The lowest BCUT2D eigenvalue weighted by molar-refractivity contribution is 0.373. The van der Waals surface area contributed by atoms with Gasteiger partial charge in [-0.2, -0.15) is 0 Å². The molecule has 21 heavy (non-hydrogen) atoms. The van der Waals surface area contributed by atoms with Gasteiger partial charge in [0.25, 0.3) is 0 Å². The van der Waals surface area contributed by atoms with Crippen molar-refractivity contribution in [3.05, 3.63) is 53.6 Å². The first-order chi connectivity index (χ1) is 10.1. The van der Waals surface area contributed by atoms with Crippen molar-refractivity contribution in [1.82, 2.24) is 0 Å². The van der Waals surface area contributed by atoms with Crippen molar-refractivity contribution in [2.75, 3.05) is 12.4 Å². The molecule has 0 radical (unpaired) electrons. The van der Waals surface area contributed by atoms with Gasteiger partial charge in [-0.05, 0) is 47.7 Å². The van der Waals surface area contributed by atoms with E-state index in [1.54, 1.807) is 13.2 Å². The van der Waals surface area contributed by atoms with Crippen molar-refractivity contribution in [3.63, 3.8) is 0 Å². The second kappa shape index (κ2) is 7.02. The molecule has 1 unspecified atom stereocenters. The summed E-state index contributed by atoms with van der Waals surface area (Å²) in [5.74, 6) is 1.26. The van der Waals surface area contributed by atoms with Gasteiger partial charge < -0.3 is 15.2 Å². The van der Waals surface area contributed by atoms with E-state index in [9.17, 15) is 5.11 Å². The predicted molar refractivity (Wildman–Crippen MR) is 87.1 cm³/mol. The van der Waals surface area contributed by atoms with E-state index in [1.165, 1.54) is 5.56 Å². The van der Waals surface area contributed by atoms with Gasteiger partial charge in [-0.3, -0.25) is 0 Å².